The highest BCUT2D eigenvalue weighted by atomic mass is 16.4. The Labute approximate surface area is 152 Å². The van der Waals surface area contributed by atoms with E-state index in [-0.39, 0.29) is 11.9 Å². The first-order valence-electron chi connectivity index (χ1n) is 8.59. The van der Waals surface area contributed by atoms with E-state index >= 15 is 0 Å². The Morgan fingerprint density at radius 3 is 2.73 bits per heavy atom. The second-order valence-electron chi connectivity index (χ2n) is 6.62. The normalized spacial score (nSPS) is 13.9. The zero-order valence-corrected chi connectivity index (χ0v) is 15.6. The highest BCUT2D eigenvalue weighted by Gasteiger charge is 2.22. The third kappa shape index (κ3) is 3.71. The molecular weight excluding hydrogens is 336 g/mol. The molecule has 0 radical (unpaired) electrons. The first-order chi connectivity index (χ1) is 12.3. The lowest BCUT2D eigenvalue weighted by molar-refractivity contribution is 0.0944. The fourth-order valence-electron chi connectivity index (χ4n) is 3.05. The van der Waals surface area contributed by atoms with Crippen LogP contribution < -0.4 is 5.32 Å². The number of aryl methyl sites for hydroxylation is 3. The number of amides is 3. The molecule has 140 valence electrons. The van der Waals surface area contributed by atoms with E-state index < -0.39 is 0 Å². The Bertz CT molecular complexity index is 823. The summed E-state index contributed by atoms with van der Waals surface area (Å²) in [7, 11) is 3.50. The number of nitrogens with zero attached hydrogens (tertiary/aromatic N) is 5. The second-order valence-corrected chi connectivity index (χ2v) is 6.62. The van der Waals surface area contributed by atoms with Crippen LogP contribution in [-0.2, 0) is 19.6 Å². The number of oxazole rings is 1. The summed E-state index contributed by atoms with van der Waals surface area (Å²) in [5.41, 5.74) is 2.02. The molecule has 0 spiro atoms. The highest BCUT2D eigenvalue weighted by molar-refractivity contribution is 5.93. The van der Waals surface area contributed by atoms with Crippen molar-refractivity contribution in [3.05, 3.63) is 34.8 Å². The highest BCUT2D eigenvalue weighted by Crippen LogP contribution is 2.15. The molecule has 1 N–H and O–H groups in total. The molecule has 0 fully saturated rings. The van der Waals surface area contributed by atoms with E-state index in [1.807, 2.05) is 15.6 Å². The standard InChI is InChI=1S/C17H24N6O3/c1-11-15(19-12(2)26-11)16(24)18-9-13-8-14-10-22(17(25)21(3)4)6-5-7-23(14)20-13/h8H,5-7,9-10H2,1-4H3,(H,18,24). The average Bonchev–Trinajstić information content (AvgIpc) is 3.07. The maximum atomic E-state index is 12.2. The molecule has 3 rings (SSSR count). The number of urea groups is 1. The summed E-state index contributed by atoms with van der Waals surface area (Å²) in [5.74, 6) is 0.678. The minimum Gasteiger partial charge on any atom is -0.445 e. The van der Waals surface area contributed by atoms with Gasteiger partial charge in [0.25, 0.3) is 5.91 Å². The summed E-state index contributed by atoms with van der Waals surface area (Å²) >= 11 is 0. The van der Waals surface area contributed by atoms with Gasteiger partial charge in [-0.25, -0.2) is 9.78 Å². The van der Waals surface area contributed by atoms with Crippen molar-refractivity contribution in [3.8, 4) is 0 Å². The van der Waals surface area contributed by atoms with Crippen LogP contribution in [0.4, 0.5) is 4.79 Å². The Morgan fingerprint density at radius 1 is 1.31 bits per heavy atom. The number of hydrogen-bond donors (Lipinski definition) is 1. The Morgan fingerprint density at radius 2 is 2.08 bits per heavy atom. The molecule has 0 saturated heterocycles. The van der Waals surface area contributed by atoms with E-state index in [2.05, 4.69) is 15.4 Å². The summed E-state index contributed by atoms with van der Waals surface area (Å²) in [6.07, 6.45) is 0.845. The van der Waals surface area contributed by atoms with Gasteiger partial charge >= 0.3 is 6.03 Å². The molecule has 0 aliphatic carbocycles. The Balaban J connectivity index is 1.66. The number of carbonyl (C=O) groups excluding carboxylic acids is 2. The van der Waals surface area contributed by atoms with Crippen molar-refractivity contribution in [1.29, 1.82) is 0 Å². The predicted octanol–water partition coefficient (Wildman–Crippen LogP) is 1.31. The van der Waals surface area contributed by atoms with Crippen LogP contribution in [0.25, 0.3) is 0 Å². The van der Waals surface area contributed by atoms with Gasteiger partial charge in [0.1, 0.15) is 5.76 Å². The van der Waals surface area contributed by atoms with Gasteiger partial charge in [0.15, 0.2) is 11.6 Å². The maximum absolute atomic E-state index is 12.2. The van der Waals surface area contributed by atoms with Gasteiger partial charge in [-0.05, 0) is 19.4 Å². The van der Waals surface area contributed by atoms with Gasteiger partial charge in [0.2, 0.25) is 0 Å². The van der Waals surface area contributed by atoms with E-state index in [0.29, 0.717) is 37.0 Å². The second kappa shape index (κ2) is 7.19. The molecule has 2 aromatic rings. The van der Waals surface area contributed by atoms with Crippen molar-refractivity contribution in [1.82, 2.24) is 29.9 Å². The fourth-order valence-corrected chi connectivity index (χ4v) is 3.05. The number of fused-ring (bicyclic) bond motifs is 1. The number of rotatable bonds is 3. The van der Waals surface area contributed by atoms with Gasteiger partial charge in [-0.2, -0.15) is 5.10 Å². The van der Waals surface area contributed by atoms with E-state index in [4.69, 9.17) is 4.42 Å². The molecule has 0 bridgehead atoms. The molecule has 0 aromatic carbocycles. The lowest BCUT2D eigenvalue weighted by Crippen LogP contribution is -2.38. The summed E-state index contributed by atoms with van der Waals surface area (Å²) in [4.78, 5) is 31.9. The molecule has 0 atom stereocenters. The zero-order valence-electron chi connectivity index (χ0n) is 15.6. The van der Waals surface area contributed by atoms with Crippen molar-refractivity contribution in [2.75, 3.05) is 20.6 Å². The van der Waals surface area contributed by atoms with Gasteiger partial charge in [-0.3, -0.25) is 9.48 Å². The Kier molecular flexibility index (Phi) is 4.97. The first kappa shape index (κ1) is 18.0. The minimum atomic E-state index is -0.285. The average molecular weight is 360 g/mol. The third-order valence-corrected chi connectivity index (χ3v) is 4.27. The molecule has 2 aromatic heterocycles. The van der Waals surface area contributed by atoms with Crippen LogP contribution in [0.15, 0.2) is 10.5 Å². The van der Waals surface area contributed by atoms with Gasteiger partial charge in [-0.1, -0.05) is 0 Å². The predicted molar refractivity (Wildman–Crippen MR) is 93.5 cm³/mol. The van der Waals surface area contributed by atoms with Crippen molar-refractivity contribution >= 4 is 11.9 Å². The first-order valence-corrected chi connectivity index (χ1v) is 8.59. The lowest BCUT2D eigenvalue weighted by Gasteiger charge is -2.23. The van der Waals surface area contributed by atoms with Crippen molar-refractivity contribution in [2.24, 2.45) is 0 Å². The van der Waals surface area contributed by atoms with E-state index in [1.165, 1.54) is 0 Å². The fraction of sp³-hybridized carbons (Fsp3) is 0.529. The van der Waals surface area contributed by atoms with Gasteiger partial charge in [0.05, 0.1) is 24.5 Å². The number of hydrogen-bond acceptors (Lipinski definition) is 5. The van der Waals surface area contributed by atoms with Crippen LogP contribution >= 0.6 is 0 Å². The van der Waals surface area contributed by atoms with Crippen LogP contribution in [0, 0.1) is 13.8 Å². The molecular formula is C17H24N6O3. The van der Waals surface area contributed by atoms with Crippen LogP contribution in [0.5, 0.6) is 0 Å². The number of aromatic nitrogens is 3. The summed E-state index contributed by atoms with van der Waals surface area (Å²) in [5, 5.41) is 7.37. The molecule has 9 heteroatoms. The molecule has 9 nitrogen and oxygen atoms in total. The monoisotopic (exact) mass is 360 g/mol. The van der Waals surface area contributed by atoms with Crippen LogP contribution in [-0.4, -0.2) is 57.1 Å². The van der Waals surface area contributed by atoms with Crippen LogP contribution in [0.1, 0.15) is 39.9 Å². The third-order valence-electron chi connectivity index (χ3n) is 4.27. The van der Waals surface area contributed by atoms with Crippen molar-refractivity contribution in [2.45, 2.75) is 39.9 Å². The van der Waals surface area contributed by atoms with Crippen LogP contribution in [0.3, 0.4) is 0 Å². The number of nitrogens with one attached hydrogen (secondary N) is 1. The summed E-state index contributed by atoms with van der Waals surface area (Å²) in [6.45, 7) is 5.69. The van der Waals surface area contributed by atoms with Gasteiger partial charge in [-0.15, -0.1) is 0 Å². The zero-order chi connectivity index (χ0) is 18.8. The summed E-state index contributed by atoms with van der Waals surface area (Å²) < 4.78 is 7.20. The van der Waals surface area contributed by atoms with E-state index in [0.717, 1.165) is 24.4 Å². The number of carbonyl (C=O) groups is 2. The molecule has 0 saturated carbocycles. The van der Waals surface area contributed by atoms with E-state index in [9.17, 15) is 9.59 Å². The van der Waals surface area contributed by atoms with Crippen LogP contribution in [0.2, 0.25) is 0 Å². The topological polar surface area (TPSA) is 96.5 Å². The SMILES string of the molecule is Cc1nc(C(=O)NCc2cc3n(n2)CCCN(C(=O)N(C)C)C3)c(C)o1. The Hall–Kier alpha value is -2.84. The van der Waals surface area contributed by atoms with E-state index in [1.54, 1.807) is 32.8 Å². The molecule has 1 aliphatic heterocycles. The smallest absolute Gasteiger partial charge is 0.319 e. The summed E-state index contributed by atoms with van der Waals surface area (Å²) in [6, 6.07) is 1.92. The molecule has 3 amide bonds. The molecule has 26 heavy (non-hydrogen) atoms. The molecule has 3 heterocycles. The minimum absolute atomic E-state index is 0.00798. The largest absolute Gasteiger partial charge is 0.445 e. The maximum Gasteiger partial charge on any atom is 0.319 e. The molecule has 1 aliphatic rings. The quantitative estimate of drug-likeness (QED) is 0.890. The van der Waals surface area contributed by atoms with Crippen molar-refractivity contribution < 1.29 is 14.0 Å². The van der Waals surface area contributed by atoms with Gasteiger partial charge < -0.3 is 19.5 Å². The lowest BCUT2D eigenvalue weighted by atomic mass is 10.3. The molecule has 0 unspecified atom stereocenters. The van der Waals surface area contributed by atoms with Crippen molar-refractivity contribution in [3.63, 3.8) is 0 Å². The van der Waals surface area contributed by atoms with Gasteiger partial charge in [0, 0.05) is 34.1 Å².